The monoisotopic (exact) mass is 140 g/mol. The first-order valence-corrected chi connectivity index (χ1v) is 3.69. The maximum absolute atomic E-state index is 10.7. The largest absolute Gasteiger partial charge is 0.463 e. The van der Waals surface area contributed by atoms with Crippen molar-refractivity contribution in [2.75, 3.05) is 6.61 Å². The molecule has 0 aliphatic heterocycles. The van der Waals surface area contributed by atoms with Crippen LogP contribution in [0.1, 0.15) is 26.2 Å². The molecule has 0 aromatic carbocycles. The van der Waals surface area contributed by atoms with Crippen molar-refractivity contribution in [2.45, 2.75) is 26.2 Å². The highest BCUT2D eigenvalue weighted by Crippen LogP contribution is 2.24. The van der Waals surface area contributed by atoms with Crippen LogP contribution < -0.4 is 0 Å². The lowest BCUT2D eigenvalue weighted by Crippen LogP contribution is -2.04. The van der Waals surface area contributed by atoms with Crippen LogP contribution in [-0.2, 0) is 9.53 Å². The summed E-state index contributed by atoms with van der Waals surface area (Å²) < 4.78 is 4.73. The fourth-order valence-corrected chi connectivity index (χ4v) is 0.876. The number of rotatable bonds is 2. The van der Waals surface area contributed by atoms with Gasteiger partial charge >= 0.3 is 5.97 Å². The van der Waals surface area contributed by atoms with Crippen molar-refractivity contribution in [1.29, 1.82) is 0 Å². The van der Waals surface area contributed by atoms with Crippen LogP contribution in [-0.4, -0.2) is 12.6 Å². The summed E-state index contributed by atoms with van der Waals surface area (Å²) in [6, 6.07) is 0. The van der Waals surface area contributed by atoms with Crippen LogP contribution >= 0.6 is 0 Å². The minimum Gasteiger partial charge on any atom is -0.463 e. The van der Waals surface area contributed by atoms with E-state index >= 15 is 0 Å². The summed E-state index contributed by atoms with van der Waals surface area (Å²) in [6.45, 7) is 2.29. The Morgan fingerprint density at radius 2 is 2.40 bits per heavy atom. The van der Waals surface area contributed by atoms with Crippen LogP contribution in [0.3, 0.4) is 0 Å². The second kappa shape index (κ2) is 3.40. The van der Waals surface area contributed by atoms with E-state index in [4.69, 9.17) is 4.74 Å². The van der Waals surface area contributed by atoms with Gasteiger partial charge in [-0.1, -0.05) is 5.57 Å². The average Bonchev–Trinajstić information content (AvgIpc) is 1.80. The lowest BCUT2D eigenvalue weighted by atomic mass is 9.92. The molecule has 0 aromatic rings. The van der Waals surface area contributed by atoms with Gasteiger partial charge in [-0.05, 0) is 26.2 Å². The zero-order chi connectivity index (χ0) is 7.40. The number of allylic oxidation sites excluding steroid dienone is 1. The Bertz CT molecular complexity index is 153. The molecule has 1 saturated carbocycles. The topological polar surface area (TPSA) is 26.3 Å². The molecule has 2 nitrogen and oxygen atoms in total. The Morgan fingerprint density at radius 1 is 1.70 bits per heavy atom. The second-order valence-corrected chi connectivity index (χ2v) is 2.41. The lowest BCUT2D eigenvalue weighted by Gasteiger charge is -2.14. The molecule has 56 valence electrons. The summed E-state index contributed by atoms with van der Waals surface area (Å²) >= 11 is 0. The Morgan fingerprint density at radius 3 is 2.80 bits per heavy atom. The zero-order valence-corrected chi connectivity index (χ0v) is 6.22. The van der Waals surface area contributed by atoms with Gasteiger partial charge in [0.2, 0.25) is 0 Å². The Hall–Kier alpha value is -0.790. The van der Waals surface area contributed by atoms with Gasteiger partial charge in [0.15, 0.2) is 0 Å². The standard InChI is InChI=1S/C8H12O2/c1-2-10-8(9)6-7-4-3-5-7/h6H,2-5H2,1H3. The number of carbonyl (C=O) groups is 1. The number of ether oxygens (including phenoxy) is 1. The molecule has 1 rings (SSSR count). The van der Waals surface area contributed by atoms with E-state index in [2.05, 4.69) is 0 Å². The molecule has 1 aliphatic rings. The Labute approximate surface area is 60.9 Å². The minimum absolute atomic E-state index is 0.183. The molecule has 0 amide bonds. The molecule has 0 unspecified atom stereocenters. The molecule has 2 heteroatoms. The first-order valence-electron chi connectivity index (χ1n) is 3.69. The lowest BCUT2D eigenvalue weighted by molar-refractivity contribution is -0.137. The van der Waals surface area contributed by atoms with Crippen LogP contribution in [0.25, 0.3) is 0 Å². The summed E-state index contributed by atoms with van der Waals surface area (Å²) in [5.41, 5.74) is 1.23. The van der Waals surface area contributed by atoms with Crippen molar-refractivity contribution >= 4 is 5.97 Å². The molecular weight excluding hydrogens is 128 g/mol. The molecule has 0 saturated heterocycles. The van der Waals surface area contributed by atoms with Gasteiger partial charge in [0.05, 0.1) is 6.61 Å². The molecule has 0 bridgehead atoms. The van der Waals surface area contributed by atoms with E-state index in [1.165, 1.54) is 12.0 Å². The Balaban J connectivity index is 2.28. The molecule has 0 N–H and O–H groups in total. The molecule has 1 aliphatic carbocycles. The number of hydrogen-bond donors (Lipinski definition) is 0. The predicted octanol–water partition coefficient (Wildman–Crippen LogP) is 1.66. The van der Waals surface area contributed by atoms with E-state index in [0.717, 1.165) is 12.8 Å². The third-order valence-electron chi connectivity index (χ3n) is 1.60. The second-order valence-electron chi connectivity index (χ2n) is 2.41. The van der Waals surface area contributed by atoms with Gasteiger partial charge in [-0.2, -0.15) is 0 Å². The molecule has 0 radical (unpaired) electrons. The van der Waals surface area contributed by atoms with Crippen LogP contribution in [0.2, 0.25) is 0 Å². The number of carbonyl (C=O) groups excluding carboxylic acids is 1. The first-order chi connectivity index (χ1) is 4.83. The minimum atomic E-state index is -0.183. The van der Waals surface area contributed by atoms with Gasteiger partial charge < -0.3 is 4.74 Å². The molecule has 10 heavy (non-hydrogen) atoms. The molecule has 1 fully saturated rings. The van der Waals surface area contributed by atoms with Crippen molar-refractivity contribution in [1.82, 2.24) is 0 Å². The van der Waals surface area contributed by atoms with Crippen molar-refractivity contribution in [3.8, 4) is 0 Å². The van der Waals surface area contributed by atoms with Gasteiger partial charge in [0.1, 0.15) is 0 Å². The van der Waals surface area contributed by atoms with Crippen molar-refractivity contribution in [3.63, 3.8) is 0 Å². The van der Waals surface area contributed by atoms with E-state index < -0.39 is 0 Å². The van der Waals surface area contributed by atoms with Gasteiger partial charge in [-0.3, -0.25) is 0 Å². The molecule has 0 aromatic heterocycles. The quantitative estimate of drug-likeness (QED) is 0.430. The summed E-state index contributed by atoms with van der Waals surface area (Å²) in [5, 5.41) is 0. The van der Waals surface area contributed by atoms with Crippen LogP contribution in [0.5, 0.6) is 0 Å². The van der Waals surface area contributed by atoms with E-state index in [9.17, 15) is 4.79 Å². The van der Waals surface area contributed by atoms with Gasteiger partial charge in [-0.25, -0.2) is 4.79 Å². The average molecular weight is 140 g/mol. The fourth-order valence-electron chi connectivity index (χ4n) is 0.876. The van der Waals surface area contributed by atoms with Gasteiger partial charge in [-0.15, -0.1) is 0 Å². The smallest absolute Gasteiger partial charge is 0.330 e. The molecule has 0 heterocycles. The van der Waals surface area contributed by atoms with Crippen LogP contribution in [0, 0.1) is 0 Å². The maximum Gasteiger partial charge on any atom is 0.330 e. The number of hydrogen-bond acceptors (Lipinski definition) is 2. The van der Waals surface area contributed by atoms with Crippen LogP contribution in [0.4, 0.5) is 0 Å². The van der Waals surface area contributed by atoms with Gasteiger partial charge in [0.25, 0.3) is 0 Å². The molecule has 0 atom stereocenters. The van der Waals surface area contributed by atoms with Gasteiger partial charge in [0, 0.05) is 6.08 Å². The third-order valence-corrected chi connectivity index (χ3v) is 1.60. The highest BCUT2D eigenvalue weighted by Gasteiger charge is 2.09. The van der Waals surface area contributed by atoms with Crippen LogP contribution in [0.15, 0.2) is 11.6 Å². The summed E-state index contributed by atoms with van der Waals surface area (Å²) in [4.78, 5) is 10.7. The summed E-state index contributed by atoms with van der Waals surface area (Å²) in [6.07, 6.45) is 5.01. The fraction of sp³-hybridized carbons (Fsp3) is 0.625. The first kappa shape index (κ1) is 7.32. The SMILES string of the molecule is CCOC(=O)C=C1CCC1. The Kier molecular flexibility index (Phi) is 2.49. The van der Waals surface area contributed by atoms with E-state index in [-0.39, 0.29) is 5.97 Å². The molecular formula is C8H12O2. The normalized spacial score (nSPS) is 15.9. The third kappa shape index (κ3) is 1.87. The van der Waals surface area contributed by atoms with E-state index in [0.29, 0.717) is 6.61 Å². The van der Waals surface area contributed by atoms with E-state index in [1.54, 1.807) is 6.08 Å². The molecule has 0 spiro atoms. The predicted molar refractivity (Wildman–Crippen MR) is 38.6 cm³/mol. The van der Waals surface area contributed by atoms with Crippen molar-refractivity contribution < 1.29 is 9.53 Å². The van der Waals surface area contributed by atoms with Crippen molar-refractivity contribution in [3.05, 3.63) is 11.6 Å². The summed E-state index contributed by atoms with van der Waals surface area (Å²) in [7, 11) is 0. The zero-order valence-electron chi connectivity index (χ0n) is 6.22. The highest BCUT2D eigenvalue weighted by atomic mass is 16.5. The maximum atomic E-state index is 10.7. The summed E-state index contributed by atoms with van der Waals surface area (Å²) in [5.74, 6) is -0.183. The highest BCUT2D eigenvalue weighted by molar-refractivity contribution is 5.82. The van der Waals surface area contributed by atoms with Crippen molar-refractivity contribution in [2.24, 2.45) is 0 Å². The number of esters is 1. The van der Waals surface area contributed by atoms with E-state index in [1.807, 2.05) is 6.92 Å².